The van der Waals surface area contributed by atoms with Gasteiger partial charge in [0.1, 0.15) is 10.7 Å². The van der Waals surface area contributed by atoms with Gasteiger partial charge in [0.25, 0.3) is 0 Å². The van der Waals surface area contributed by atoms with Crippen LogP contribution in [0, 0.1) is 0 Å². The van der Waals surface area contributed by atoms with Gasteiger partial charge in [-0.1, -0.05) is 23.8 Å². The standard InChI is InChI=1S/C14H12BrClN2OS/c1-19-13-5-3-9(7-12(13)16)18-8-2-4-10(14(17)20)11(15)6-8/h2-7,18H,1H3,(H2,17,20). The van der Waals surface area contributed by atoms with Crippen LogP contribution in [-0.2, 0) is 0 Å². The molecule has 0 fully saturated rings. The number of nitrogens with one attached hydrogen (secondary N) is 1. The Morgan fingerprint density at radius 2 is 1.90 bits per heavy atom. The summed E-state index contributed by atoms with van der Waals surface area (Å²) in [7, 11) is 1.58. The minimum atomic E-state index is 0.357. The van der Waals surface area contributed by atoms with E-state index in [1.807, 2.05) is 30.3 Å². The van der Waals surface area contributed by atoms with Gasteiger partial charge in [-0.15, -0.1) is 0 Å². The first-order valence-electron chi connectivity index (χ1n) is 5.71. The molecule has 0 radical (unpaired) electrons. The van der Waals surface area contributed by atoms with E-state index in [9.17, 15) is 0 Å². The zero-order chi connectivity index (χ0) is 14.7. The number of ether oxygens (including phenoxy) is 1. The highest BCUT2D eigenvalue weighted by Gasteiger charge is 2.06. The van der Waals surface area contributed by atoms with Crippen LogP contribution in [0.5, 0.6) is 5.75 Å². The van der Waals surface area contributed by atoms with Crippen LogP contribution in [0.3, 0.4) is 0 Å². The normalized spacial score (nSPS) is 10.2. The molecule has 0 bridgehead atoms. The molecule has 0 aliphatic rings. The topological polar surface area (TPSA) is 47.3 Å². The zero-order valence-corrected chi connectivity index (χ0v) is 13.8. The molecule has 2 aromatic rings. The van der Waals surface area contributed by atoms with E-state index in [0.717, 1.165) is 21.4 Å². The highest BCUT2D eigenvalue weighted by atomic mass is 79.9. The SMILES string of the molecule is COc1ccc(Nc2ccc(C(N)=S)c(Br)c2)cc1Cl. The van der Waals surface area contributed by atoms with Crippen molar-refractivity contribution >= 4 is 56.1 Å². The maximum Gasteiger partial charge on any atom is 0.137 e. The summed E-state index contributed by atoms with van der Waals surface area (Å²) in [6.07, 6.45) is 0. The van der Waals surface area contributed by atoms with Crippen LogP contribution >= 0.6 is 39.7 Å². The summed E-state index contributed by atoms with van der Waals surface area (Å²) in [5, 5.41) is 3.80. The molecule has 3 N–H and O–H groups in total. The monoisotopic (exact) mass is 370 g/mol. The van der Waals surface area contributed by atoms with Crippen LogP contribution in [0.15, 0.2) is 40.9 Å². The number of thiocarbonyl (C=S) groups is 1. The summed E-state index contributed by atoms with van der Waals surface area (Å²) in [6.45, 7) is 0. The fourth-order valence-electron chi connectivity index (χ4n) is 1.70. The number of anilines is 2. The van der Waals surface area contributed by atoms with Crippen molar-refractivity contribution in [2.24, 2.45) is 5.73 Å². The maximum absolute atomic E-state index is 6.09. The first-order valence-corrected chi connectivity index (χ1v) is 7.29. The Morgan fingerprint density at radius 1 is 1.25 bits per heavy atom. The van der Waals surface area contributed by atoms with Crippen LogP contribution < -0.4 is 15.8 Å². The summed E-state index contributed by atoms with van der Waals surface area (Å²) in [5.41, 5.74) is 8.19. The largest absolute Gasteiger partial charge is 0.495 e. The number of rotatable bonds is 4. The number of benzene rings is 2. The van der Waals surface area contributed by atoms with Gasteiger partial charge in [-0.3, -0.25) is 0 Å². The molecule has 2 rings (SSSR count). The summed E-state index contributed by atoms with van der Waals surface area (Å²) < 4.78 is 5.96. The second kappa shape index (κ2) is 6.43. The minimum absolute atomic E-state index is 0.357. The van der Waals surface area contributed by atoms with Gasteiger partial charge in [0.05, 0.1) is 12.1 Å². The second-order valence-corrected chi connectivity index (χ2v) is 5.73. The van der Waals surface area contributed by atoms with Gasteiger partial charge in [-0.25, -0.2) is 0 Å². The van der Waals surface area contributed by atoms with Crippen LogP contribution in [0.4, 0.5) is 11.4 Å². The second-order valence-electron chi connectivity index (χ2n) is 4.03. The van der Waals surface area contributed by atoms with E-state index >= 15 is 0 Å². The molecule has 0 saturated carbocycles. The van der Waals surface area contributed by atoms with Crippen molar-refractivity contribution in [2.75, 3.05) is 12.4 Å². The van der Waals surface area contributed by atoms with E-state index in [1.54, 1.807) is 13.2 Å². The van der Waals surface area contributed by atoms with E-state index in [0.29, 0.717) is 15.8 Å². The third kappa shape index (κ3) is 3.42. The maximum atomic E-state index is 6.09. The summed E-state index contributed by atoms with van der Waals surface area (Å²) >= 11 is 14.5. The Kier molecular flexibility index (Phi) is 4.86. The number of halogens is 2. The fourth-order valence-corrected chi connectivity index (χ4v) is 2.86. The predicted molar refractivity (Wildman–Crippen MR) is 91.3 cm³/mol. The fraction of sp³-hybridized carbons (Fsp3) is 0.0714. The molecule has 0 unspecified atom stereocenters. The van der Waals surface area contributed by atoms with Gasteiger partial charge >= 0.3 is 0 Å². The Hall–Kier alpha value is -1.30. The summed E-state index contributed by atoms with van der Waals surface area (Å²) in [4.78, 5) is 0.357. The third-order valence-corrected chi connectivity index (χ3v) is 3.85. The molecular weight excluding hydrogens is 360 g/mol. The average molecular weight is 372 g/mol. The molecule has 0 spiro atoms. The first kappa shape index (κ1) is 15.1. The Labute approximate surface area is 136 Å². The number of methoxy groups -OCH3 is 1. The quantitative estimate of drug-likeness (QED) is 0.777. The molecule has 0 saturated heterocycles. The van der Waals surface area contributed by atoms with Crippen LogP contribution in [0.25, 0.3) is 0 Å². The Balaban J connectivity index is 2.24. The van der Waals surface area contributed by atoms with E-state index in [4.69, 9.17) is 34.3 Å². The smallest absolute Gasteiger partial charge is 0.137 e. The van der Waals surface area contributed by atoms with Crippen LogP contribution in [0.2, 0.25) is 5.02 Å². The molecule has 0 aliphatic heterocycles. The lowest BCUT2D eigenvalue weighted by Gasteiger charge is -2.10. The van der Waals surface area contributed by atoms with E-state index in [-0.39, 0.29) is 0 Å². The zero-order valence-electron chi connectivity index (χ0n) is 10.6. The molecule has 104 valence electrons. The average Bonchev–Trinajstić information content (AvgIpc) is 2.38. The molecule has 0 aromatic heterocycles. The molecule has 0 aliphatic carbocycles. The Bertz CT molecular complexity index is 664. The van der Waals surface area contributed by atoms with Gasteiger partial charge in [0, 0.05) is 21.4 Å². The van der Waals surface area contributed by atoms with Gasteiger partial charge in [0.15, 0.2) is 0 Å². The lowest BCUT2D eigenvalue weighted by Crippen LogP contribution is -2.10. The molecule has 0 amide bonds. The van der Waals surface area contributed by atoms with E-state index in [2.05, 4.69) is 21.2 Å². The first-order chi connectivity index (χ1) is 9.51. The summed E-state index contributed by atoms with van der Waals surface area (Å²) in [6, 6.07) is 11.2. The molecule has 0 heterocycles. The molecule has 2 aromatic carbocycles. The van der Waals surface area contributed by atoms with Crippen LogP contribution in [-0.4, -0.2) is 12.1 Å². The molecule has 0 atom stereocenters. The van der Waals surface area contributed by atoms with Crippen molar-refractivity contribution in [1.29, 1.82) is 0 Å². The van der Waals surface area contributed by atoms with E-state index < -0.39 is 0 Å². The van der Waals surface area contributed by atoms with Crippen molar-refractivity contribution < 1.29 is 4.74 Å². The number of hydrogen-bond donors (Lipinski definition) is 2. The minimum Gasteiger partial charge on any atom is -0.495 e. The highest BCUT2D eigenvalue weighted by Crippen LogP contribution is 2.30. The molecule has 3 nitrogen and oxygen atoms in total. The number of hydrogen-bond acceptors (Lipinski definition) is 3. The Morgan fingerprint density at radius 3 is 2.45 bits per heavy atom. The van der Waals surface area contributed by atoms with Gasteiger partial charge in [-0.05, 0) is 52.3 Å². The lowest BCUT2D eigenvalue weighted by molar-refractivity contribution is 0.415. The van der Waals surface area contributed by atoms with Gasteiger partial charge < -0.3 is 15.8 Å². The van der Waals surface area contributed by atoms with Gasteiger partial charge in [0.2, 0.25) is 0 Å². The summed E-state index contributed by atoms with van der Waals surface area (Å²) in [5.74, 6) is 0.641. The van der Waals surface area contributed by atoms with Crippen LogP contribution in [0.1, 0.15) is 5.56 Å². The highest BCUT2D eigenvalue weighted by molar-refractivity contribution is 9.10. The van der Waals surface area contributed by atoms with Gasteiger partial charge in [-0.2, -0.15) is 0 Å². The molecule has 6 heteroatoms. The number of nitrogens with two attached hydrogens (primary N) is 1. The predicted octanol–water partition coefficient (Wildman–Crippen LogP) is 4.49. The van der Waals surface area contributed by atoms with Crippen molar-refractivity contribution in [3.05, 3.63) is 51.5 Å². The van der Waals surface area contributed by atoms with Crippen molar-refractivity contribution in [3.63, 3.8) is 0 Å². The van der Waals surface area contributed by atoms with E-state index in [1.165, 1.54) is 0 Å². The van der Waals surface area contributed by atoms with Crippen molar-refractivity contribution in [1.82, 2.24) is 0 Å². The molecule has 20 heavy (non-hydrogen) atoms. The molecular formula is C14H12BrClN2OS. The third-order valence-electron chi connectivity index (χ3n) is 2.68. The van der Waals surface area contributed by atoms with Crippen molar-refractivity contribution in [2.45, 2.75) is 0 Å². The van der Waals surface area contributed by atoms with Crippen molar-refractivity contribution in [3.8, 4) is 5.75 Å². The lowest BCUT2D eigenvalue weighted by atomic mass is 10.2.